The average molecular weight is 262 g/mol. The van der Waals surface area contributed by atoms with Crippen molar-refractivity contribution in [1.82, 2.24) is 15.2 Å². The number of thioether (sulfide) groups is 1. The number of aromatic nitrogens is 3. The lowest BCUT2D eigenvalue weighted by atomic mass is 10.5. The molecule has 0 aromatic carbocycles. The second-order valence-electron chi connectivity index (χ2n) is 2.54. The first-order valence-corrected chi connectivity index (χ1v) is 5.71. The fourth-order valence-electron chi connectivity index (χ4n) is 0.906. The molecule has 0 bridgehead atoms. The average Bonchev–Trinajstić information content (AvgIpc) is 2.72. The Morgan fingerprint density at radius 1 is 1.33 bits per heavy atom. The molecule has 0 aliphatic heterocycles. The normalized spacial score (nSPS) is 10.5. The molecular weight excluding hydrogens is 257 g/mol. The Bertz CT molecular complexity index is 449. The first-order chi connectivity index (χ1) is 7.25. The second kappa shape index (κ2) is 4.83. The molecule has 0 atom stereocenters. The van der Waals surface area contributed by atoms with E-state index in [2.05, 4.69) is 15.2 Å². The monoisotopic (exact) mass is 261 g/mol. The van der Waals surface area contributed by atoms with Gasteiger partial charge in [0.25, 0.3) is 0 Å². The van der Waals surface area contributed by atoms with E-state index >= 15 is 0 Å². The molecule has 0 spiro atoms. The van der Waals surface area contributed by atoms with E-state index in [9.17, 15) is 0 Å². The number of nitrogens with zero attached hydrogens (tertiary/aromatic N) is 3. The van der Waals surface area contributed by atoms with Gasteiger partial charge in [-0.3, -0.25) is 0 Å². The molecule has 2 aromatic rings. The molecule has 2 aromatic heterocycles. The highest BCUT2D eigenvalue weighted by molar-refractivity contribution is 7.98. The van der Waals surface area contributed by atoms with Crippen LogP contribution in [-0.2, 0) is 5.75 Å². The van der Waals surface area contributed by atoms with Crippen molar-refractivity contribution in [3.8, 4) is 0 Å². The Balaban J connectivity index is 2.07. The lowest BCUT2D eigenvalue weighted by molar-refractivity contribution is 0.530. The molecule has 0 aliphatic carbocycles. The second-order valence-corrected chi connectivity index (χ2v) is 4.20. The zero-order valence-corrected chi connectivity index (χ0v) is 9.68. The minimum Gasteiger partial charge on any atom is -0.468 e. The molecule has 0 saturated heterocycles. The van der Waals surface area contributed by atoms with E-state index in [1.54, 1.807) is 6.26 Å². The number of hydrogen-bond donors (Lipinski definition) is 0. The van der Waals surface area contributed by atoms with E-state index in [0.29, 0.717) is 10.8 Å². The van der Waals surface area contributed by atoms with E-state index in [4.69, 9.17) is 27.6 Å². The van der Waals surface area contributed by atoms with Gasteiger partial charge in [-0.05, 0) is 23.7 Å². The Hall–Kier alpha value is -0.780. The van der Waals surface area contributed by atoms with Crippen LogP contribution in [0.2, 0.25) is 10.4 Å². The van der Waals surface area contributed by atoms with E-state index < -0.39 is 0 Å². The van der Waals surface area contributed by atoms with Crippen molar-refractivity contribution in [2.24, 2.45) is 0 Å². The van der Waals surface area contributed by atoms with Gasteiger partial charge in [0.15, 0.2) is 5.15 Å². The first-order valence-electron chi connectivity index (χ1n) is 3.96. The Kier molecular flexibility index (Phi) is 3.45. The molecular formula is C8H5Cl2N3OS. The van der Waals surface area contributed by atoms with Gasteiger partial charge < -0.3 is 4.42 Å². The summed E-state index contributed by atoms with van der Waals surface area (Å²) in [5.74, 6) is 1.47. The SMILES string of the molecule is Clc1nnc(Cl)c(SCc2ccco2)n1. The van der Waals surface area contributed by atoms with Crippen LogP contribution in [0.25, 0.3) is 0 Å². The minimum atomic E-state index is 0.0846. The third kappa shape index (κ3) is 2.84. The van der Waals surface area contributed by atoms with Crippen molar-refractivity contribution in [2.45, 2.75) is 10.8 Å². The van der Waals surface area contributed by atoms with Crippen LogP contribution in [0.1, 0.15) is 5.76 Å². The Labute approximate surface area is 100 Å². The number of halogens is 2. The van der Waals surface area contributed by atoms with Crippen LogP contribution in [-0.4, -0.2) is 15.2 Å². The molecule has 7 heteroatoms. The molecule has 4 nitrogen and oxygen atoms in total. The van der Waals surface area contributed by atoms with Gasteiger partial charge in [-0.25, -0.2) is 4.98 Å². The third-order valence-corrected chi connectivity index (χ3v) is 3.04. The molecule has 0 amide bonds. The van der Waals surface area contributed by atoms with E-state index in [1.807, 2.05) is 12.1 Å². The topological polar surface area (TPSA) is 51.8 Å². The quantitative estimate of drug-likeness (QED) is 0.795. The summed E-state index contributed by atoms with van der Waals surface area (Å²) < 4.78 is 5.16. The maximum absolute atomic E-state index is 5.79. The van der Waals surface area contributed by atoms with Crippen LogP contribution in [0.15, 0.2) is 27.8 Å². The molecule has 0 saturated carbocycles. The van der Waals surface area contributed by atoms with Crippen molar-refractivity contribution in [2.75, 3.05) is 0 Å². The summed E-state index contributed by atoms with van der Waals surface area (Å²) >= 11 is 12.8. The van der Waals surface area contributed by atoms with Crippen molar-refractivity contribution in [1.29, 1.82) is 0 Å². The predicted octanol–water partition coefficient (Wildman–Crippen LogP) is 3.06. The molecule has 2 rings (SSSR count). The van der Waals surface area contributed by atoms with Gasteiger partial charge in [0.05, 0.1) is 12.0 Å². The molecule has 0 fully saturated rings. The number of hydrogen-bond acceptors (Lipinski definition) is 5. The largest absolute Gasteiger partial charge is 0.468 e. The van der Waals surface area contributed by atoms with Crippen molar-refractivity contribution in [3.05, 3.63) is 34.6 Å². The van der Waals surface area contributed by atoms with Gasteiger partial charge in [0, 0.05) is 0 Å². The van der Waals surface area contributed by atoms with Gasteiger partial charge in [-0.15, -0.1) is 10.2 Å². The minimum absolute atomic E-state index is 0.0846. The summed E-state index contributed by atoms with van der Waals surface area (Å²) in [6, 6.07) is 3.69. The van der Waals surface area contributed by atoms with Crippen molar-refractivity contribution < 1.29 is 4.42 Å². The van der Waals surface area contributed by atoms with Gasteiger partial charge in [0.2, 0.25) is 5.28 Å². The van der Waals surface area contributed by atoms with Gasteiger partial charge in [-0.1, -0.05) is 23.4 Å². The molecule has 2 heterocycles. The van der Waals surface area contributed by atoms with Gasteiger partial charge in [-0.2, -0.15) is 0 Å². The highest BCUT2D eigenvalue weighted by Crippen LogP contribution is 2.26. The summed E-state index contributed by atoms with van der Waals surface area (Å²) in [6.45, 7) is 0. The fourth-order valence-corrected chi connectivity index (χ4v) is 2.08. The van der Waals surface area contributed by atoms with Crippen LogP contribution in [0.5, 0.6) is 0 Å². The number of furan rings is 1. The maximum Gasteiger partial charge on any atom is 0.244 e. The Morgan fingerprint density at radius 3 is 2.93 bits per heavy atom. The molecule has 0 aliphatic rings. The smallest absolute Gasteiger partial charge is 0.244 e. The summed E-state index contributed by atoms with van der Waals surface area (Å²) in [7, 11) is 0. The summed E-state index contributed by atoms with van der Waals surface area (Å²) in [5.41, 5.74) is 0. The van der Waals surface area contributed by atoms with Crippen LogP contribution >= 0.6 is 35.0 Å². The predicted molar refractivity (Wildman–Crippen MR) is 58.1 cm³/mol. The third-order valence-electron chi connectivity index (χ3n) is 1.52. The van der Waals surface area contributed by atoms with Gasteiger partial charge in [0.1, 0.15) is 10.8 Å². The molecule has 0 radical (unpaired) electrons. The van der Waals surface area contributed by atoms with Crippen LogP contribution in [0, 0.1) is 0 Å². The van der Waals surface area contributed by atoms with E-state index in [0.717, 1.165) is 5.76 Å². The van der Waals surface area contributed by atoms with Crippen molar-refractivity contribution in [3.63, 3.8) is 0 Å². The van der Waals surface area contributed by atoms with Crippen LogP contribution in [0.3, 0.4) is 0 Å². The molecule has 0 unspecified atom stereocenters. The molecule has 15 heavy (non-hydrogen) atoms. The lowest BCUT2D eigenvalue weighted by Crippen LogP contribution is -1.91. The standard InChI is InChI=1S/C8H5Cl2N3OS/c9-6-7(11-8(10)13-12-6)15-4-5-2-1-3-14-5/h1-3H,4H2. The molecule has 0 N–H and O–H groups in total. The maximum atomic E-state index is 5.79. The van der Waals surface area contributed by atoms with E-state index in [-0.39, 0.29) is 10.4 Å². The highest BCUT2D eigenvalue weighted by Gasteiger charge is 2.07. The van der Waals surface area contributed by atoms with E-state index in [1.165, 1.54) is 11.8 Å². The zero-order valence-electron chi connectivity index (χ0n) is 7.35. The van der Waals surface area contributed by atoms with Crippen molar-refractivity contribution >= 4 is 35.0 Å². The fraction of sp³-hybridized carbons (Fsp3) is 0.125. The zero-order chi connectivity index (χ0) is 10.7. The number of rotatable bonds is 3. The van der Waals surface area contributed by atoms with Gasteiger partial charge >= 0.3 is 0 Å². The Morgan fingerprint density at radius 2 is 2.20 bits per heavy atom. The highest BCUT2D eigenvalue weighted by atomic mass is 35.5. The first kappa shape index (κ1) is 10.7. The summed E-state index contributed by atoms with van der Waals surface area (Å²) in [4.78, 5) is 3.95. The summed E-state index contributed by atoms with van der Waals surface area (Å²) in [5, 5.41) is 8.05. The lowest BCUT2D eigenvalue weighted by Gasteiger charge is -1.99. The van der Waals surface area contributed by atoms with Crippen LogP contribution < -0.4 is 0 Å². The van der Waals surface area contributed by atoms with Crippen LogP contribution in [0.4, 0.5) is 0 Å². The summed E-state index contributed by atoms with van der Waals surface area (Å²) in [6.07, 6.45) is 1.61. The molecule has 78 valence electrons.